The minimum Gasteiger partial charge on any atom is -0.295 e. The number of hydrogen-bond donors (Lipinski definition) is 0. The normalized spacial score (nSPS) is 10.5. The molecule has 0 saturated carbocycles. The average molecular weight is 282 g/mol. The molecule has 0 aliphatic heterocycles. The average Bonchev–Trinajstić information content (AvgIpc) is 2.34. The predicted molar refractivity (Wildman–Crippen MR) is 66.9 cm³/mol. The summed E-state index contributed by atoms with van der Waals surface area (Å²) in [5.74, 6) is -2.29. The van der Waals surface area contributed by atoms with Crippen molar-refractivity contribution in [1.82, 2.24) is 0 Å². The highest BCUT2D eigenvalue weighted by Gasteiger charge is 2.11. The Morgan fingerprint density at radius 1 is 0.947 bits per heavy atom. The number of ketones is 1. The molecule has 2 aromatic rings. The quantitative estimate of drug-likeness (QED) is 0.773. The lowest BCUT2D eigenvalue weighted by atomic mass is 10.1. The molecule has 98 valence electrons. The van der Waals surface area contributed by atoms with Gasteiger partial charge in [-0.2, -0.15) is 0 Å². The van der Waals surface area contributed by atoms with E-state index in [9.17, 15) is 18.0 Å². The first-order chi connectivity index (χ1) is 8.97. The van der Waals surface area contributed by atoms with E-state index in [1.807, 2.05) is 0 Å². The Hall–Kier alpha value is -1.75. The SMILES string of the molecule is CC(=O)c1ccc(Sc2ccc(F)cc2F)c(F)c1. The van der Waals surface area contributed by atoms with Crippen LogP contribution in [0.3, 0.4) is 0 Å². The van der Waals surface area contributed by atoms with Gasteiger partial charge in [-0.1, -0.05) is 17.8 Å². The minimum atomic E-state index is -0.750. The molecule has 0 radical (unpaired) electrons. The Balaban J connectivity index is 2.31. The van der Waals surface area contributed by atoms with Gasteiger partial charge in [-0.15, -0.1) is 0 Å². The molecular formula is C14H9F3OS. The number of hydrogen-bond acceptors (Lipinski definition) is 2. The predicted octanol–water partition coefficient (Wildman–Crippen LogP) is 4.46. The second-order valence-corrected chi connectivity index (χ2v) is 4.96. The molecule has 0 atom stereocenters. The molecule has 0 N–H and O–H groups in total. The summed E-state index contributed by atoms with van der Waals surface area (Å²) in [5.41, 5.74) is 0.251. The molecule has 0 aliphatic rings. The van der Waals surface area contributed by atoms with Crippen molar-refractivity contribution in [3.05, 3.63) is 59.4 Å². The van der Waals surface area contributed by atoms with Crippen LogP contribution in [0.2, 0.25) is 0 Å². The summed E-state index contributed by atoms with van der Waals surface area (Å²) < 4.78 is 39.9. The standard InChI is InChI=1S/C14H9F3OS/c1-8(18)9-2-4-13(11(16)6-9)19-14-5-3-10(15)7-12(14)17/h2-7H,1H3. The molecule has 2 aromatic carbocycles. The van der Waals surface area contributed by atoms with Gasteiger partial charge in [-0.3, -0.25) is 4.79 Å². The maximum atomic E-state index is 13.7. The van der Waals surface area contributed by atoms with Gasteiger partial charge < -0.3 is 0 Å². The van der Waals surface area contributed by atoms with Crippen LogP contribution in [-0.4, -0.2) is 5.78 Å². The van der Waals surface area contributed by atoms with Gasteiger partial charge in [0, 0.05) is 21.4 Å². The summed E-state index contributed by atoms with van der Waals surface area (Å²) in [5, 5.41) is 0. The molecule has 1 nitrogen and oxygen atoms in total. The van der Waals surface area contributed by atoms with Crippen LogP contribution in [0, 0.1) is 17.5 Å². The van der Waals surface area contributed by atoms with E-state index >= 15 is 0 Å². The number of benzene rings is 2. The zero-order chi connectivity index (χ0) is 14.0. The maximum absolute atomic E-state index is 13.7. The Labute approximate surface area is 112 Å². The van der Waals surface area contributed by atoms with Crippen molar-refractivity contribution in [3.8, 4) is 0 Å². The second-order valence-electron chi connectivity index (χ2n) is 3.88. The smallest absolute Gasteiger partial charge is 0.159 e. The van der Waals surface area contributed by atoms with Gasteiger partial charge in [0.1, 0.15) is 17.5 Å². The number of rotatable bonds is 3. The van der Waals surface area contributed by atoms with Crippen LogP contribution in [0.1, 0.15) is 17.3 Å². The van der Waals surface area contributed by atoms with E-state index in [-0.39, 0.29) is 21.1 Å². The third kappa shape index (κ3) is 3.17. The van der Waals surface area contributed by atoms with E-state index in [2.05, 4.69) is 0 Å². The molecule has 19 heavy (non-hydrogen) atoms. The van der Waals surface area contributed by atoms with E-state index in [0.29, 0.717) is 0 Å². The summed E-state index contributed by atoms with van der Waals surface area (Å²) in [6.45, 7) is 1.33. The van der Waals surface area contributed by atoms with Gasteiger partial charge in [0.05, 0.1) is 0 Å². The second kappa shape index (κ2) is 5.48. The van der Waals surface area contributed by atoms with Crippen molar-refractivity contribution in [2.75, 3.05) is 0 Å². The lowest BCUT2D eigenvalue weighted by Crippen LogP contribution is -1.94. The lowest BCUT2D eigenvalue weighted by Gasteiger charge is -2.05. The molecule has 0 saturated heterocycles. The summed E-state index contributed by atoms with van der Waals surface area (Å²) in [6, 6.07) is 7.06. The van der Waals surface area contributed by atoms with Gasteiger partial charge in [-0.25, -0.2) is 13.2 Å². The first-order valence-electron chi connectivity index (χ1n) is 5.41. The molecule has 0 heterocycles. The molecule has 2 rings (SSSR count). The molecule has 0 spiro atoms. The highest BCUT2D eigenvalue weighted by molar-refractivity contribution is 7.99. The Morgan fingerprint density at radius 2 is 1.53 bits per heavy atom. The Bertz CT molecular complexity index is 641. The minimum absolute atomic E-state index is 0.121. The molecule has 0 aromatic heterocycles. The fraction of sp³-hybridized carbons (Fsp3) is 0.0714. The van der Waals surface area contributed by atoms with Gasteiger partial charge in [0.25, 0.3) is 0 Å². The van der Waals surface area contributed by atoms with E-state index in [1.165, 1.54) is 25.1 Å². The van der Waals surface area contributed by atoms with Crippen LogP contribution in [0.25, 0.3) is 0 Å². The van der Waals surface area contributed by atoms with Crippen molar-refractivity contribution in [3.63, 3.8) is 0 Å². The summed E-state index contributed by atoms with van der Waals surface area (Å²) in [4.78, 5) is 11.4. The van der Waals surface area contributed by atoms with Gasteiger partial charge in [0.15, 0.2) is 5.78 Å². The van der Waals surface area contributed by atoms with Crippen LogP contribution in [0.15, 0.2) is 46.2 Å². The largest absolute Gasteiger partial charge is 0.295 e. The van der Waals surface area contributed by atoms with Crippen molar-refractivity contribution in [1.29, 1.82) is 0 Å². The number of Topliss-reactive ketones (excluding diaryl/α,β-unsaturated/α-hetero) is 1. The molecule has 0 amide bonds. The van der Waals surface area contributed by atoms with Crippen molar-refractivity contribution in [2.45, 2.75) is 16.7 Å². The van der Waals surface area contributed by atoms with Crippen molar-refractivity contribution in [2.24, 2.45) is 0 Å². The van der Waals surface area contributed by atoms with E-state index in [0.717, 1.165) is 30.0 Å². The topological polar surface area (TPSA) is 17.1 Å². The van der Waals surface area contributed by atoms with Crippen molar-refractivity contribution < 1.29 is 18.0 Å². The fourth-order valence-electron chi connectivity index (χ4n) is 1.48. The molecule has 0 aliphatic carbocycles. The first-order valence-corrected chi connectivity index (χ1v) is 6.22. The summed E-state index contributed by atoms with van der Waals surface area (Å²) in [6.07, 6.45) is 0. The van der Waals surface area contributed by atoms with Gasteiger partial charge in [-0.05, 0) is 31.2 Å². The monoisotopic (exact) mass is 282 g/mol. The molecular weight excluding hydrogens is 273 g/mol. The Morgan fingerprint density at radius 3 is 2.05 bits per heavy atom. The number of carbonyl (C=O) groups is 1. The van der Waals surface area contributed by atoms with Gasteiger partial charge >= 0.3 is 0 Å². The number of carbonyl (C=O) groups excluding carboxylic acids is 1. The van der Waals surface area contributed by atoms with Crippen LogP contribution in [0.5, 0.6) is 0 Å². The van der Waals surface area contributed by atoms with Crippen LogP contribution >= 0.6 is 11.8 Å². The number of halogens is 3. The van der Waals surface area contributed by atoms with Crippen LogP contribution < -0.4 is 0 Å². The molecule has 0 bridgehead atoms. The van der Waals surface area contributed by atoms with E-state index < -0.39 is 17.5 Å². The lowest BCUT2D eigenvalue weighted by molar-refractivity contribution is 0.101. The zero-order valence-electron chi connectivity index (χ0n) is 9.91. The van der Waals surface area contributed by atoms with Crippen LogP contribution in [0.4, 0.5) is 13.2 Å². The third-order valence-corrected chi connectivity index (χ3v) is 3.55. The summed E-state index contributed by atoms with van der Waals surface area (Å²) >= 11 is 0.842. The highest BCUT2D eigenvalue weighted by Crippen LogP contribution is 2.32. The van der Waals surface area contributed by atoms with Crippen LogP contribution in [-0.2, 0) is 0 Å². The Kier molecular flexibility index (Phi) is 3.95. The highest BCUT2D eigenvalue weighted by atomic mass is 32.2. The third-order valence-electron chi connectivity index (χ3n) is 2.45. The first kappa shape index (κ1) is 13.7. The van der Waals surface area contributed by atoms with Crippen molar-refractivity contribution >= 4 is 17.5 Å². The van der Waals surface area contributed by atoms with Gasteiger partial charge in [0.2, 0.25) is 0 Å². The summed E-state index contributed by atoms with van der Waals surface area (Å²) in [7, 11) is 0. The zero-order valence-corrected chi connectivity index (χ0v) is 10.7. The van der Waals surface area contributed by atoms with E-state index in [1.54, 1.807) is 0 Å². The maximum Gasteiger partial charge on any atom is 0.159 e. The molecule has 0 fully saturated rings. The van der Waals surface area contributed by atoms with E-state index in [4.69, 9.17) is 0 Å². The molecule has 0 unspecified atom stereocenters. The fourth-order valence-corrected chi connectivity index (χ4v) is 2.30. The molecule has 5 heteroatoms.